The fraction of sp³-hybridized carbons (Fsp3) is 0.333. The summed E-state index contributed by atoms with van der Waals surface area (Å²) in [5.74, 6) is 0.787. The highest BCUT2D eigenvalue weighted by Crippen LogP contribution is 2.24. The Balaban J connectivity index is 1.36. The van der Waals surface area contributed by atoms with Gasteiger partial charge >= 0.3 is 0 Å². The molecule has 1 fully saturated rings. The molecule has 1 aliphatic rings. The Morgan fingerprint density at radius 2 is 2.00 bits per heavy atom. The van der Waals surface area contributed by atoms with Crippen molar-refractivity contribution in [2.45, 2.75) is 32.4 Å². The van der Waals surface area contributed by atoms with E-state index in [1.165, 1.54) is 17.5 Å². The minimum atomic E-state index is 0.140. The Kier molecular flexibility index (Phi) is 6.37. The predicted molar refractivity (Wildman–Crippen MR) is 115 cm³/mol. The van der Waals surface area contributed by atoms with Gasteiger partial charge in [0, 0.05) is 25.4 Å². The van der Waals surface area contributed by atoms with E-state index in [4.69, 9.17) is 0 Å². The van der Waals surface area contributed by atoms with Crippen molar-refractivity contribution in [1.82, 2.24) is 20.4 Å². The molecule has 150 valence electrons. The molecule has 0 aliphatic carbocycles. The van der Waals surface area contributed by atoms with E-state index < -0.39 is 0 Å². The molecule has 2 heterocycles. The van der Waals surface area contributed by atoms with E-state index in [9.17, 15) is 4.79 Å². The highest BCUT2D eigenvalue weighted by molar-refractivity contribution is 5.76. The largest absolute Gasteiger partial charge is 0.352 e. The molecule has 2 N–H and O–H groups in total. The molecule has 0 saturated carbocycles. The van der Waals surface area contributed by atoms with E-state index >= 15 is 0 Å². The molecule has 1 aromatic heterocycles. The van der Waals surface area contributed by atoms with Crippen LogP contribution in [0.4, 0.5) is 0 Å². The number of aromatic nitrogens is 2. The fourth-order valence-corrected chi connectivity index (χ4v) is 3.91. The number of nitrogens with zero attached hydrogens (tertiary/aromatic N) is 2. The molecule has 1 saturated heterocycles. The Morgan fingerprint density at radius 1 is 1.14 bits per heavy atom. The molecule has 0 bridgehead atoms. The molecule has 5 heteroatoms. The summed E-state index contributed by atoms with van der Waals surface area (Å²) in [6.45, 7) is 3.46. The Morgan fingerprint density at radius 3 is 2.76 bits per heavy atom. The number of hydrogen-bond donors (Lipinski definition) is 2. The van der Waals surface area contributed by atoms with Crippen LogP contribution in [0.5, 0.6) is 0 Å². The number of carbonyl (C=O) groups excluding carboxylic acids is 1. The van der Waals surface area contributed by atoms with Crippen LogP contribution in [0, 0.1) is 5.92 Å². The SMILES string of the molecule is O=C(CCC1CCNC1)NCc1ccccc1-c1ccc(Cn2cccn2)cc1. The van der Waals surface area contributed by atoms with Gasteiger partial charge in [-0.05, 0) is 60.2 Å². The topological polar surface area (TPSA) is 59.0 Å². The summed E-state index contributed by atoms with van der Waals surface area (Å²) >= 11 is 0. The molecule has 1 unspecified atom stereocenters. The molecule has 2 aromatic carbocycles. The fourth-order valence-electron chi connectivity index (χ4n) is 3.91. The Hall–Kier alpha value is -2.92. The smallest absolute Gasteiger partial charge is 0.220 e. The summed E-state index contributed by atoms with van der Waals surface area (Å²) in [6.07, 6.45) is 6.53. The van der Waals surface area contributed by atoms with Crippen molar-refractivity contribution < 1.29 is 4.79 Å². The molecule has 1 amide bonds. The van der Waals surface area contributed by atoms with Gasteiger partial charge in [-0.1, -0.05) is 48.5 Å². The molecule has 1 aliphatic heterocycles. The number of hydrogen-bond acceptors (Lipinski definition) is 3. The first kappa shape index (κ1) is 19.4. The lowest BCUT2D eigenvalue weighted by molar-refractivity contribution is -0.121. The zero-order chi connectivity index (χ0) is 19.9. The lowest BCUT2D eigenvalue weighted by Gasteiger charge is -2.13. The van der Waals surface area contributed by atoms with Gasteiger partial charge in [-0.15, -0.1) is 0 Å². The Bertz CT molecular complexity index is 912. The van der Waals surface area contributed by atoms with E-state index in [-0.39, 0.29) is 5.91 Å². The third kappa shape index (κ3) is 5.33. The molecule has 3 aromatic rings. The second-order valence-corrected chi connectivity index (χ2v) is 7.73. The standard InChI is InChI=1S/C24H28N4O/c29-24(11-8-19-12-14-25-16-19)26-17-22-4-1-2-5-23(22)21-9-6-20(7-10-21)18-28-15-3-13-27-28/h1-7,9-10,13,15,19,25H,8,11-12,14,16-18H2,(H,26,29). The molecule has 1 atom stereocenters. The maximum Gasteiger partial charge on any atom is 0.220 e. The van der Waals surface area contributed by atoms with E-state index in [2.05, 4.69) is 52.1 Å². The second kappa shape index (κ2) is 9.52. The minimum absolute atomic E-state index is 0.140. The van der Waals surface area contributed by atoms with Crippen LogP contribution in [0.2, 0.25) is 0 Å². The minimum Gasteiger partial charge on any atom is -0.352 e. The van der Waals surface area contributed by atoms with Crippen LogP contribution >= 0.6 is 0 Å². The second-order valence-electron chi connectivity index (χ2n) is 7.73. The van der Waals surface area contributed by atoms with Crippen molar-refractivity contribution in [2.24, 2.45) is 5.92 Å². The first-order valence-electron chi connectivity index (χ1n) is 10.4. The molecule has 29 heavy (non-hydrogen) atoms. The summed E-state index contributed by atoms with van der Waals surface area (Å²) in [6, 6.07) is 18.8. The van der Waals surface area contributed by atoms with E-state index in [0.717, 1.165) is 37.2 Å². The Labute approximate surface area is 172 Å². The maximum atomic E-state index is 12.3. The van der Waals surface area contributed by atoms with Crippen LogP contribution in [0.1, 0.15) is 30.4 Å². The van der Waals surface area contributed by atoms with Crippen LogP contribution in [-0.2, 0) is 17.9 Å². The summed E-state index contributed by atoms with van der Waals surface area (Å²) in [5.41, 5.74) is 4.68. The van der Waals surface area contributed by atoms with E-state index in [0.29, 0.717) is 18.9 Å². The molecule has 5 nitrogen and oxygen atoms in total. The van der Waals surface area contributed by atoms with Crippen LogP contribution < -0.4 is 10.6 Å². The molecular weight excluding hydrogens is 360 g/mol. The quantitative estimate of drug-likeness (QED) is 0.620. The lowest BCUT2D eigenvalue weighted by Crippen LogP contribution is -2.23. The van der Waals surface area contributed by atoms with Gasteiger partial charge in [0.1, 0.15) is 0 Å². The predicted octanol–water partition coefficient (Wildman–Crippen LogP) is 3.60. The number of rotatable bonds is 8. The summed E-state index contributed by atoms with van der Waals surface area (Å²) in [7, 11) is 0. The van der Waals surface area contributed by atoms with E-state index in [1.807, 2.05) is 29.1 Å². The third-order valence-corrected chi connectivity index (χ3v) is 5.60. The summed E-state index contributed by atoms with van der Waals surface area (Å²) in [5, 5.41) is 10.7. The van der Waals surface area contributed by atoms with Gasteiger partial charge in [0.2, 0.25) is 5.91 Å². The van der Waals surface area contributed by atoms with Gasteiger partial charge in [-0.25, -0.2) is 0 Å². The van der Waals surface area contributed by atoms with Crippen LogP contribution in [-0.4, -0.2) is 28.8 Å². The zero-order valence-corrected chi connectivity index (χ0v) is 16.7. The number of carbonyl (C=O) groups is 1. The normalized spacial score (nSPS) is 16.1. The van der Waals surface area contributed by atoms with Gasteiger partial charge in [-0.3, -0.25) is 9.48 Å². The molecule has 0 spiro atoms. The van der Waals surface area contributed by atoms with Crippen molar-refractivity contribution in [1.29, 1.82) is 0 Å². The maximum absolute atomic E-state index is 12.3. The van der Waals surface area contributed by atoms with Crippen molar-refractivity contribution in [3.63, 3.8) is 0 Å². The highest BCUT2D eigenvalue weighted by Gasteiger charge is 2.15. The van der Waals surface area contributed by atoms with Crippen molar-refractivity contribution in [3.8, 4) is 11.1 Å². The van der Waals surface area contributed by atoms with Crippen LogP contribution in [0.3, 0.4) is 0 Å². The third-order valence-electron chi connectivity index (χ3n) is 5.60. The van der Waals surface area contributed by atoms with Gasteiger partial charge in [0.25, 0.3) is 0 Å². The summed E-state index contributed by atoms with van der Waals surface area (Å²) in [4.78, 5) is 12.3. The summed E-state index contributed by atoms with van der Waals surface area (Å²) < 4.78 is 1.92. The lowest BCUT2D eigenvalue weighted by atomic mass is 9.98. The van der Waals surface area contributed by atoms with Crippen LogP contribution in [0.25, 0.3) is 11.1 Å². The first-order valence-corrected chi connectivity index (χ1v) is 10.4. The van der Waals surface area contributed by atoms with Crippen molar-refractivity contribution in [2.75, 3.05) is 13.1 Å². The van der Waals surface area contributed by atoms with Gasteiger partial charge in [0.15, 0.2) is 0 Å². The first-order chi connectivity index (χ1) is 14.3. The van der Waals surface area contributed by atoms with Crippen molar-refractivity contribution in [3.05, 3.63) is 78.1 Å². The van der Waals surface area contributed by atoms with Crippen molar-refractivity contribution >= 4 is 5.91 Å². The molecule has 0 radical (unpaired) electrons. The average molecular weight is 389 g/mol. The molecular formula is C24H28N4O. The van der Waals surface area contributed by atoms with E-state index in [1.54, 1.807) is 6.20 Å². The number of nitrogens with one attached hydrogen (secondary N) is 2. The average Bonchev–Trinajstić information content (AvgIpc) is 3.46. The van der Waals surface area contributed by atoms with Gasteiger partial charge < -0.3 is 10.6 Å². The highest BCUT2D eigenvalue weighted by atomic mass is 16.1. The van der Waals surface area contributed by atoms with Gasteiger partial charge in [0.05, 0.1) is 6.54 Å². The number of benzene rings is 2. The number of amides is 1. The molecule has 4 rings (SSSR count). The van der Waals surface area contributed by atoms with Crippen LogP contribution in [0.15, 0.2) is 67.0 Å². The van der Waals surface area contributed by atoms with Gasteiger partial charge in [-0.2, -0.15) is 5.10 Å². The monoisotopic (exact) mass is 388 g/mol. The zero-order valence-electron chi connectivity index (χ0n) is 16.7.